The van der Waals surface area contributed by atoms with E-state index in [4.69, 9.17) is 4.52 Å². The van der Waals surface area contributed by atoms with Gasteiger partial charge in [0.15, 0.2) is 6.33 Å². The summed E-state index contributed by atoms with van der Waals surface area (Å²) in [6, 6.07) is 1.86. The maximum absolute atomic E-state index is 11.9. The van der Waals surface area contributed by atoms with Crippen LogP contribution in [0.3, 0.4) is 0 Å². The van der Waals surface area contributed by atoms with Gasteiger partial charge in [-0.3, -0.25) is 4.79 Å². The van der Waals surface area contributed by atoms with Gasteiger partial charge in [-0.05, 0) is 5.21 Å². The highest BCUT2D eigenvalue weighted by atomic mass is 16.5. The number of amides is 1. The zero-order chi connectivity index (χ0) is 13.8. The molecule has 102 valence electrons. The summed E-state index contributed by atoms with van der Waals surface area (Å²) >= 11 is 0. The Hall–Kier alpha value is -2.25. The highest BCUT2D eigenvalue weighted by molar-refractivity contribution is 5.75. The normalized spacial score (nSPS) is 10.9. The fraction of sp³-hybridized carbons (Fsp3) is 0.545. The molecule has 0 spiro atoms. The van der Waals surface area contributed by atoms with Crippen molar-refractivity contribution in [1.82, 2.24) is 30.3 Å². The molecule has 0 radical (unpaired) electrons. The molecule has 0 saturated carbocycles. The van der Waals surface area contributed by atoms with E-state index in [1.165, 1.54) is 11.1 Å². The van der Waals surface area contributed by atoms with Gasteiger partial charge in [-0.2, -0.15) is 4.80 Å². The predicted molar refractivity (Wildman–Crippen MR) is 64.9 cm³/mol. The van der Waals surface area contributed by atoms with E-state index in [-0.39, 0.29) is 18.4 Å². The Bertz CT molecular complexity index is 533. The van der Waals surface area contributed by atoms with Crippen LogP contribution in [-0.4, -0.2) is 43.2 Å². The van der Waals surface area contributed by atoms with Crippen molar-refractivity contribution < 1.29 is 9.32 Å². The fourth-order valence-corrected chi connectivity index (χ4v) is 1.51. The third-order valence-corrected chi connectivity index (χ3v) is 2.64. The van der Waals surface area contributed by atoms with Crippen molar-refractivity contribution in [3.05, 3.63) is 23.8 Å². The monoisotopic (exact) mass is 264 g/mol. The summed E-state index contributed by atoms with van der Waals surface area (Å²) in [5.41, 5.74) is 0.728. The van der Waals surface area contributed by atoms with Crippen molar-refractivity contribution in [1.29, 1.82) is 0 Å². The van der Waals surface area contributed by atoms with Crippen LogP contribution >= 0.6 is 0 Å². The first-order valence-electron chi connectivity index (χ1n) is 5.96. The summed E-state index contributed by atoms with van der Waals surface area (Å²) in [4.78, 5) is 14.7. The SMILES string of the molecule is CC(C)c1cc(CN(C)C(=O)Cn2ncnn2)no1. The third-order valence-electron chi connectivity index (χ3n) is 2.64. The maximum atomic E-state index is 11.9. The van der Waals surface area contributed by atoms with E-state index in [2.05, 4.69) is 20.6 Å². The molecule has 0 atom stereocenters. The molecule has 2 aromatic rings. The van der Waals surface area contributed by atoms with Gasteiger partial charge in [0, 0.05) is 19.0 Å². The van der Waals surface area contributed by atoms with Gasteiger partial charge in [-0.25, -0.2) is 0 Å². The van der Waals surface area contributed by atoms with E-state index < -0.39 is 0 Å². The van der Waals surface area contributed by atoms with Crippen LogP contribution in [0, 0.1) is 0 Å². The third kappa shape index (κ3) is 3.36. The van der Waals surface area contributed by atoms with Gasteiger partial charge in [-0.15, -0.1) is 10.2 Å². The summed E-state index contributed by atoms with van der Waals surface area (Å²) in [6.45, 7) is 4.50. The van der Waals surface area contributed by atoms with Gasteiger partial charge in [0.2, 0.25) is 5.91 Å². The van der Waals surface area contributed by atoms with Crippen LogP contribution in [0.15, 0.2) is 16.9 Å². The number of hydrogen-bond acceptors (Lipinski definition) is 6. The molecule has 0 bridgehead atoms. The number of tetrazole rings is 1. The average Bonchev–Trinajstić information content (AvgIpc) is 2.99. The van der Waals surface area contributed by atoms with Crippen LogP contribution < -0.4 is 0 Å². The molecule has 2 heterocycles. The van der Waals surface area contributed by atoms with Crippen molar-refractivity contribution >= 4 is 5.91 Å². The van der Waals surface area contributed by atoms with Crippen molar-refractivity contribution in [3.8, 4) is 0 Å². The molecular formula is C11H16N6O2. The minimum absolute atomic E-state index is 0.0609. The van der Waals surface area contributed by atoms with E-state index in [1.807, 2.05) is 19.9 Å². The van der Waals surface area contributed by atoms with Gasteiger partial charge in [-0.1, -0.05) is 19.0 Å². The molecular weight excluding hydrogens is 248 g/mol. The van der Waals surface area contributed by atoms with E-state index in [0.29, 0.717) is 6.54 Å². The molecule has 1 amide bonds. The van der Waals surface area contributed by atoms with Gasteiger partial charge in [0.25, 0.3) is 0 Å². The van der Waals surface area contributed by atoms with E-state index in [9.17, 15) is 4.79 Å². The number of hydrogen-bond donors (Lipinski definition) is 0. The minimum atomic E-state index is -0.118. The molecule has 2 aromatic heterocycles. The fourth-order valence-electron chi connectivity index (χ4n) is 1.51. The number of rotatable bonds is 5. The maximum Gasteiger partial charge on any atom is 0.246 e. The molecule has 0 fully saturated rings. The van der Waals surface area contributed by atoms with E-state index >= 15 is 0 Å². The Morgan fingerprint density at radius 1 is 1.53 bits per heavy atom. The van der Waals surface area contributed by atoms with Gasteiger partial charge in [0.1, 0.15) is 18.0 Å². The van der Waals surface area contributed by atoms with Crippen molar-refractivity contribution in [3.63, 3.8) is 0 Å². The standard InChI is InChI=1S/C11H16N6O2/c1-8(2)10-4-9(14-19-10)5-16(3)11(18)6-17-13-7-12-15-17/h4,7-8H,5-6H2,1-3H3. The largest absolute Gasteiger partial charge is 0.361 e. The number of carbonyl (C=O) groups is 1. The average molecular weight is 264 g/mol. The molecule has 0 aromatic carbocycles. The topological polar surface area (TPSA) is 89.9 Å². The predicted octanol–water partition coefficient (Wildman–Crippen LogP) is 0.443. The van der Waals surface area contributed by atoms with E-state index in [0.717, 1.165) is 11.5 Å². The van der Waals surface area contributed by atoms with E-state index in [1.54, 1.807) is 11.9 Å². The van der Waals surface area contributed by atoms with Crippen LogP contribution in [0.4, 0.5) is 0 Å². The summed E-state index contributed by atoms with van der Waals surface area (Å²) in [6.07, 6.45) is 1.29. The lowest BCUT2D eigenvalue weighted by Crippen LogP contribution is -2.30. The van der Waals surface area contributed by atoms with Crippen molar-refractivity contribution in [2.45, 2.75) is 32.9 Å². The molecule has 19 heavy (non-hydrogen) atoms. The molecule has 0 saturated heterocycles. The Morgan fingerprint density at radius 3 is 2.89 bits per heavy atom. The lowest BCUT2D eigenvalue weighted by molar-refractivity contribution is -0.131. The quantitative estimate of drug-likeness (QED) is 0.778. The van der Waals surface area contributed by atoms with Gasteiger partial charge >= 0.3 is 0 Å². The molecule has 8 nitrogen and oxygen atoms in total. The highest BCUT2D eigenvalue weighted by Crippen LogP contribution is 2.15. The molecule has 0 aliphatic rings. The van der Waals surface area contributed by atoms with Crippen LogP contribution in [0.25, 0.3) is 0 Å². The second kappa shape index (κ2) is 5.59. The van der Waals surface area contributed by atoms with Gasteiger partial charge < -0.3 is 9.42 Å². The smallest absolute Gasteiger partial charge is 0.246 e. The molecule has 0 unspecified atom stereocenters. The summed E-state index contributed by atoms with van der Waals surface area (Å²) in [7, 11) is 1.70. The second-order valence-electron chi connectivity index (χ2n) is 4.59. The molecule has 8 heteroatoms. The van der Waals surface area contributed by atoms with Crippen LogP contribution in [0.5, 0.6) is 0 Å². The first kappa shape index (κ1) is 13.2. The zero-order valence-electron chi connectivity index (χ0n) is 11.1. The molecule has 0 aliphatic heterocycles. The number of likely N-dealkylation sites (N-methyl/N-ethyl adjacent to an activating group) is 1. The zero-order valence-corrected chi connectivity index (χ0v) is 11.1. The van der Waals surface area contributed by atoms with Crippen molar-refractivity contribution in [2.75, 3.05) is 7.05 Å². The van der Waals surface area contributed by atoms with Crippen LogP contribution in [-0.2, 0) is 17.9 Å². The Balaban J connectivity index is 1.92. The minimum Gasteiger partial charge on any atom is -0.361 e. The summed E-state index contributed by atoms with van der Waals surface area (Å²) in [5.74, 6) is 0.975. The number of carbonyl (C=O) groups excluding carboxylic acids is 1. The van der Waals surface area contributed by atoms with Crippen LogP contribution in [0.2, 0.25) is 0 Å². The van der Waals surface area contributed by atoms with Crippen LogP contribution in [0.1, 0.15) is 31.2 Å². The molecule has 0 aliphatic carbocycles. The Labute approximate surface area is 110 Å². The summed E-state index contributed by atoms with van der Waals surface area (Å²) in [5, 5.41) is 14.9. The lowest BCUT2D eigenvalue weighted by atomic mass is 10.1. The first-order valence-corrected chi connectivity index (χ1v) is 5.96. The molecule has 2 rings (SSSR count). The van der Waals surface area contributed by atoms with Gasteiger partial charge in [0.05, 0.1) is 6.54 Å². The highest BCUT2D eigenvalue weighted by Gasteiger charge is 2.14. The number of aromatic nitrogens is 5. The Morgan fingerprint density at radius 2 is 2.32 bits per heavy atom. The van der Waals surface area contributed by atoms with Crippen molar-refractivity contribution in [2.24, 2.45) is 0 Å². The summed E-state index contributed by atoms with van der Waals surface area (Å²) < 4.78 is 5.18. The second-order valence-corrected chi connectivity index (χ2v) is 4.59. The lowest BCUT2D eigenvalue weighted by Gasteiger charge is -2.14. The first-order chi connectivity index (χ1) is 9.06. The Kier molecular flexibility index (Phi) is 3.88. The number of nitrogens with zero attached hydrogens (tertiary/aromatic N) is 6. The molecule has 0 N–H and O–H groups in total.